The first-order valence-corrected chi connectivity index (χ1v) is 7.17. The molecule has 2 N–H and O–H groups in total. The number of nitrogens with zero attached hydrogens (tertiary/aromatic N) is 1. The molecule has 0 aromatic carbocycles. The van der Waals surface area contributed by atoms with Crippen LogP contribution in [0, 0.1) is 0 Å². The van der Waals surface area contributed by atoms with E-state index in [1.807, 2.05) is 23.8 Å². The fourth-order valence-corrected chi connectivity index (χ4v) is 2.37. The van der Waals surface area contributed by atoms with E-state index in [0.29, 0.717) is 17.9 Å². The van der Waals surface area contributed by atoms with Crippen molar-refractivity contribution >= 4 is 44.7 Å². The Morgan fingerprint density at radius 3 is 3.06 bits per heavy atom. The number of pyridine rings is 1. The van der Waals surface area contributed by atoms with Gasteiger partial charge in [0.15, 0.2) is 0 Å². The van der Waals surface area contributed by atoms with Crippen molar-refractivity contribution in [1.82, 2.24) is 4.98 Å². The minimum absolute atomic E-state index is 0.168. The standard InChI is InChI=1S/C12H12BrN3OS/c1-2-14-11-10(5-8(13)6-15-11)12(17)16-9-3-4-18-7-9/h3-7H,2H2,1H3,(H,14,15)(H,16,17). The van der Waals surface area contributed by atoms with Crippen LogP contribution < -0.4 is 10.6 Å². The quantitative estimate of drug-likeness (QED) is 0.903. The van der Waals surface area contributed by atoms with Gasteiger partial charge in [-0.15, -0.1) is 0 Å². The maximum Gasteiger partial charge on any atom is 0.259 e. The van der Waals surface area contributed by atoms with E-state index in [1.165, 1.54) is 11.3 Å². The fourth-order valence-electron chi connectivity index (χ4n) is 1.45. The third kappa shape index (κ3) is 3.08. The smallest absolute Gasteiger partial charge is 0.259 e. The molecular weight excluding hydrogens is 314 g/mol. The molecule has 0 atom stereocenters. The zero-order valence-electron chi connectivity index (χ0n) is 9.74. The van der Waals surface area contributed by atoms with Crippen LogP contribution in [-0.2, 0) is 0 Å². The Balaban J connectivity index is 2.25. The van der Waals surface area contributed by atoms with Crippen LogP contribution in [0.1, 0.15) is 17.3 Å². The highest BCUT2D eigenvalue weighted by Crippen LogP contribution is 2.20. The number of thiophene rings is 1. The molecule has 0 saturated heterocycles. The first kappa shape index (κ1) is 13.0. The number of aromatic nitrogens is 1. The van der Waals surface area contributed by atoms with Crippen molar-refractivity contribution in [3.05, 3.63) is 39.1 Å². The first-order valence-electron chi connectivity index (χ1n) is 5.43. The van der Waals surface area contributed by atoms with Crippen LogP contribution >= 0.6 is 27.3 Å². The largest absolute Gasteiger partial charge is 0.370 e. The molecule has 0 aliphatic heterocycles. The van der Waals surface area contributed by atoms with Crippen molar-refractivity contribution in [1.29, 1.82) is 0 Å². The summed E-state index contributed by atoms with van der Waals surface area (Å²) < 4.78 is 0.777. The predicted molar refractivity (Wildman–Crippen MR) is 78.4 cm³/mol. The van der Waals surface area contributed by atoms with Crippen molar-refractivity contribution in [2.24, 2.45) is 0 Å². The van der Waals surface area contributed by atoms with E-state index in [4.69, 9.17) is 0 Å². The molecule has 0 fully saturated rings. The average Bonchev–Trinajstić information content (AvgIpc) is 2.84. The molecule has 0 unspecified atom stereocenters. The first-order chi connectivity index (χ1) is 8.70. The highest BCUT2D eigenvalue weighted by Gasteiger charge is 2.13. The molecule has 2 heterocycles. The van der Waals surface area contributed by atoms with Crippen molar-refractivity contribution in [2.75, 3.05) is 17.2 Å². The van der Waals surface area contributed by atoms with Gasteiger partial charge in [-0.05, 0) is 40.4 Å². The summed E-state index contributed by atoms with van der Waals surface area (Å²) in [6.45, 7) is 2.68. The summed E-state index contributed by atoms with van der Waals surface area (Å²) in [5.74, 6) is 0.423. The van der Waals surface area contributed by atoms with Crippen LogP contribution in [0.2, 0.25) is 0 Å². The summed E-state index contributed by atoms with van der Waals surface area (Å²) in [5, 5.41) is 9.71. The van der Waals surface area contributed by atoms with Gasteiger partial charge in [-0.3, -0.25) is 4.79 Å². The average molecular weight is 326 g/mol. The molecule has 6 heteroatoms. The minimum atomic E-state index is -0.168. The third-order valence-corrected chi connectivity index (χ3v) is 3.34. The van der Waals surface area contributed by atoms with Crippen molar-refractivity contribution in [3.8, 4) is 0 Å². The SMILES string of the molecule is CCNc1ncc(Br)cc1C(=O)Nc1ccsc1. The zero-order valence-corrected chi connectivity index (χ0v) is 12.1. The zero-order chi connectivity index (χ0) is 13.0. The lowest BCUT2D eigenvalue weighted by Crippen LogP contribution is -2.15. The molecule has 0 saturated carbocycles. The lowest BCUT2D eigenvalue weighted by molar-refractivity contribution is 0.102. The molecule has 2 rings (SSSR count). The van der Waals surface area contributed by atoms with Crippen molar-refractivity contribution in [2.45, 2.75) is 6.92 Å². The summed E-state index contributed by atoms with van der Waals surface area (Å²) >= 11 is 4.86. The Hall–Kier alpha value is -1.40. The molecule has 2 aromatic rings. The molecule has 18 heavy (non-hydrogen) atoms. The third-order valence-electron chi connectivity index (χ3n) is 2.22. The van der Waals surface area contributed by atoms with Crippen molar-refractivity contribution in [3.63, 3.8) is 0 Å². The molecule has 0 aliphatic rings. The van der Waals surface area contributed by atoms with Gasteiger partial charge in [0.25, 0.3) is 5.91 Å². The van der Waals surface area contributed by atoms with Crippen LogP contribution in [0.25, 0.3) is 0 Å². The Morgan fingerprint density at radius 1 is 1.56 bits per heavy atom. The second-order valence-electron chi connectivity index (χ2n) is 3.55. The molecule has 0 spiro atoms. The number of hydrogen-bond donors (Lipinski definition) is 2. The lowest BCUT2D eigenvalue weighted by atomic mass is 10.2. The van der Waals surface area contributed by atoms with Crippen LogP contribution in [0.3, 0.4) is 0 Å². The Bertz CT molecular complexity index is 542. The van der Waals surface area contributed by atoms with E-state index >= 15 is 0 Å². The fraction of sp³-hybridized carbons (Fsp3) is 0.167. The molecule has 0 radical (unpaired) electrons. The maximum absolute atomic E-state index is 12.2. The molecule has 94 valence electrons. The van der Waals surface area contributed by atoms with Gasteiger partial charge >= 0.3 is 0 Å². The second kappa shape index (κ2) is 5.97. The van der Waals surface area contributed by atoms with Gasteiger partial charge in [0.1, 0.15) is 5.82 Å². The number of anilines is 2. The van der Waals surface area contributed by atoms with Gasteiger partial charge in [-0.1, -0.05) is 0 Å². The second-order valence-corrected chi connectivity index (χ2v) is 5.24. The van der Waals surface area contributed by atoms with Gasteiger partial charge in [0.05, 0.1) is 11.3 Å². The Morgan fingerprint density at radius 2 is 2.39 bits per heavy atom. The van der Waals surface area contributed by atoms with E-state index in [1.54, 1.807) is 12.3 Å². The predicted octanol–water partition coefficient (Wildman–Crippen LogP) is 3.59. The van der Waals surface area contributed by atoms with Crippen LogP contribution in [0.4, 0.5) is 11.5 Å². The van der Waals surface area contributed by atoms with Crippen LogP contribution in [-0.4, -0.2) is 17.4 Å². The molecule has 4 nitrogen and oxygen atoms in total. The van der Waals surface area contributed by atoms with Gasteiger partial charge in [-0.25, -0.2) is 4.98 Å². The summed E-state index contributed by atoms with van der Waals surface area (Å²) in [5.41, 5.74) is 1.32. The highest BCUT2D eigenvalue weighted by atomic mass is 79.9. The molecular formula is C12H12BrN3OS. The van der Waals surface area contributed by atoms with E-state index in [9.17, 15) is 4.79 Å². The number of carbonyl (C=O) groups is 1. The van der Waals surface area contributed by atoms with Crippen LogP contribution in [0.5, 0.6) is 0 Å². The number of carbonyl (C=O) groups excluding carboxylic acids is 1. The number of amides is 1. The number of nitrogens with one attached hydrogen (secondary N) is 2. The van der Waals surface area contributed by atoms with E-state index in [-0.39, 0.29) is 5.91 Å². The molecule has 0 bridgehead atoms. The topological polar surface area (TPSA) is 54.0 Å². The van der Waals surface area contributed by atoms with Crippen LogP contribution in [0.15, 0.2) is 33.6 Å². The monoisotopic (exact) mass is 325 g/mol. The Labute approximate surface area is 118 Å². The highest BCUT2D eigenvalue weighted by molar-refractivity contribution is 9.10. The summed E-state index contributed by atoms with van der Waals surface area (Å²) in [6, 6.07) is 3.62. The minimum Gasteiger partial charge on any atom is -0.370 e. The molecule has 2 aromatic heterocycles. The molecule has 0 aliphatic carbocycles. The number of halogens is 1. The lowest BCUT2D eigenvalue weighted by Gasteiger charge is -2.09. The van der Waals surface area contributed by atoms with Gasteiger partial charge in [0.2, 0.25) is 0 Å². The van der Waals surface area contributed by atoms with Gasteiger partial charge in [-0.2, -0.15) is 11.3 Å². The van der Waals surface area contributed by atoms with E-state index in [0.717, 1.165) is 10.2 Å². The number of rotatable bonds is 4. The van der Waals surface area contributed by atoms with Gasteiger partial charge < -0.3 is 10.6 Å². The van der Waals surface area contributed by atoms with Gasteiger partial charge in [0, 0.05) is 22.6 Å². The summed E-state index contributed by atoms with van der Waals surface area (Å²) in [7, 11) is 0. The Kier molecular flexibility index (Phi) is 4.33. The maximum atomic E-state index is 12.2. The number of hydrogen-bond acceptors (Lipinski definition) is 4. The van der Waals surface area contributed by atoms with Crippen molar-refractivity contribution < 1.29 is 4.79 Å². The van der Waals surface area contributed by atoms with E-state index < -0.39 is 0 Å². The summed E-state index contributed by atoms with van der Waals surface area (Å²) in [6.07, 6.45) is 1.67. The summed E-state index contributed by atoms with van der Waals surface area (Å²) in [4.78, 5) is 16.4. The molecule has 1 amide bonds. The normalized spacial score (nSPS) is 10.1. The van der Waals surface area contributed by atoms with E-state index in [2.05, 4.69) is 31.5 Å².